The zero-order valence-corrected chi connectivity index (χ0v) is 29.2. The third kappa shape index (κ3) is 7.38. The van der Waals surface area contributed by atoms with Crippen molar-refractivity contribution in [2.75, 3.05) is 44.2 Å². The van der Waals surface area contributed by atoms with Crippen LogP contribution in [0.3, 0.4) is 0 Å². The second-order valence-corrected chi connectivity index (χ2v) is 14.4. The van der Waals surface area contributed by atoms with Crippen LogP contribution in [0.2, 0.25) is 5.02 Å². The van der Waals surface area contributed by atoms with Gasteiger partial charge >= 0.3 is 0 Å². The van der Waals surface area contributed by atoms with Gasteiger partial charge in [0.15, 0.2) is 0 Å². The minimum Gasteiger partial charge on any atom is -0.368 e. The van der Waals surface area contributed by atoms with Gasteiger partial charge < -0.3 is 20.0 Å². The smallest absolute Gasteiger partial charge is 0.245 e. The average Bonchev–Trinajstić information content (AvgIpc) is 3.08. The van der Waals surface area contributed by atoms with Crippen molar-refractivity contribution in [1.82, 2.24) is 20.4 Å². The molecule has 47 heavy (non-hydrogen) atoms. The highest BCUT2D eigenvalue weighted by atomic mass is 35.5. The largest absolute Gasteiger partial charge is 0.368 e. The molecule has 1 fully saturated rings. The Morgan fingerprint density at radius 3 is 2.36 bits per heavy atom. The molecule has 8 heteroatoms. The molecular weight excluding hydrogens is 606 g/mol. The topological polar surface area (TPSA) is 67.9 Å². The lowest BCUT2D eigenvalue weighted by Crippen LogP contribution is -2.60. The highest BCUT2D eigenvalue weighted by Crippen LogP contribution is 2.33. The number of hydrogen-bond donors (Lipinski definition) is 2. The minimum absolute atomic E-state index is 0.0277. The van der Waals surface area contributed by atoms with Crippen LogP contribution in [0.5, 0.6) is 0 Å². The molecule has 3 atom stereocenters. The number of anilines is 1. The highest BCUT2D eigenvalue weighted by Gasteiger charge is 2.37. The summed E-state index contributed by atoms with van der Waals surface area (Å²) in [5.74, 6) is -0.169. The molecule has 0 saturated carbocycles. The number of halogens is 1. The molecule has 3 aromatic rings. The van der Waals surface area contributed by atoms with Gasteiger partial charge in [0.1, 0.15) is 6.04 Å². The van der Waals surface area contributed by atoms with Gasteiger partial charge in [0.05, 0.1) is 6.04 Å². The van der Waals surface area contributed by atoms with Crippen LogP contribution in [0.4, 0.5) is 5.69 Å². The minimum atomic E-state index is -0.670. The summed E-state index contributed by atoms with van der Waals surface area (Å²) < 4.78 is 0. The molecule has 0 aromatic heterocycles. The first-order chi connectivity index (χ1) is 22.7. The number of hydrogen-bond acceptors (Lipinski definition) is 5. The summed E-state index contributed by atoms with van der Waals surface area (Å²) in [5.41, 5.74) is 7.25. The molecule has 0 spiro atoms. The number of piperazine rings is 1. The number of fused-ring (bicyclic) bond motifs is 2. The molecule has 250 valence electrons. The van der Waals surface area contributed by atoms with Crippen molar-refractivity contribution in [2.24, 2.45) is 0 Å². The lowest BCUT2D eigenvalue weighted by atomic mass is 9.82. The summed E-state index contributed by atoms with van der Waals surface area (Å²) in [6.45, 7) is 13.7. The Labute approximate surface area is 285 Å². The summed E-state index contributed by atoms with van der Waals surface area (Å²) in [6, 6.07) is 22.1. The quantitative estimate of drug-likeness (QED) is 0.325. The van der Waals surface area contributed by atoms with Crippen LogP contribution in [-0.4, -0.2) is 79.0 Å². The Kier molecular flexibility index (Phi) is 10.3. The van der Waals surface area contributed by atoms with Gasteiger partial charge in [0, 0.05) is 54.9 Å². The Bertz CT molecular complexity index is 1560. The molecule has 1 unspecified atom stereocenters. The van der Waals surface area contributed by atoms with Crippen molar-refractivity contribution in [3.05, 3.63) is 99.6 Å². The van der Waals surface area contributed by atoms with E-state index in [1.54, 1.807) is 0 Å². The van der Waals surface area contributed by atoms with Crippen LogP contribution < -0.4 is 15.5 Å². The lowest BCUT2D eigenvalue weighted by Gasteiger charge is -2.41. The first kappa shape index (κ1) is 33.5. The van der Waals surface area contributed by atoms with Gasteiger partial charge in [-0.05, 0) is 98.6 Å². The van der Waals surface area contributed by atoms with Gasteiger partial charge in [-0.25, -0.2) is 0 Å². The van der Waals surface area contributed by atoms with E-state index in [-0.39, 0.29) is 17.4 Å². The van der Waals surface area contributed by atoms with Crippen molar-refractivity contribution < 1.29 is 9.59 Å². The summed E-state index contributed by atoms with van der Waals surface area (Å²) in [5, 5.41) is 7.38. The fraction of sp³-hybridized carbons (Fsp3) is 0.487. The molecular formula is C39H50ClN5O2. The van der Waals surface area contributed by atoms with E-state index in [9.17, 15) is 9.59 Å². The maximum atomic E-state index is 14.2. The number of benzene rings is 3. The van der Waals surface area contributed by atoms with E-state index < -0.39 is 12.1 Å². The third-order valence-corrected chi connectivity index (χ3v) is 10.9. The number of likely N-dealkylation sites (N-methyl/N-ethyl adjacent to an activating group) is 1. The number of amides is 2. The normalized spacial score (nSPS) is 21.1. The van der Waals surface area contributed by atoms with Gasteiger partial charge in [-0.3, -0.25) is 14.9 Å². The highest BCUT2D eigenvalue weighted by molar-refractivity contribution is 6.30. The first-order valence-electron chi connectivity index (χ1n) is 17.5. The van der Waals surface area contributed by atoms with Crippen LogP contribution in [0.1, 0.15) is 61.9 Å². The number of nitrogens with one attached hydrogen (secondary N) is 2. The fourth-order valence-corrected chi connectivity index (χ4v) is 8.19. The maximum absolute atomic E-state index is 14.2. The number of aryl methyl sites for hydroxylation is 1. The van der Waals surface area contributed by atoms with Gasteiger partial charge in [-0.1, -0.05) is 74.0 Å². The summed E-state index contributed by atoms with van der Waals surface area (Å²) in [6.07, 6.45) is 4.41. The van der Waals surface area contributed by atoms with E-state index in [0.717, 1.165) is 44.6 Å². The first-order valence-corrected chi connectivity index (χ1v) is 17.8. The molecule has 0 bridgehead atoms. The van der Waals surface area contributed by atoms with Gasteiger partial charge in [0.25, 0.3) is 0 Å². The summed E-state index contributed by atoms with van der Waals surface area (Å²) in [7, 11) is 0. The molecule has 2 N–H and O–H groups in total. The standard InChI is InChI=1S/C39H50ClN5O2/c1-5-43(6-2)31-19-16-28-11-9-13-36(32(28)26-31)44-20-22-45(23-21-44)38(47)35(24-27-14-17-30(40)18-15-27)41-37(46)34-25-29-10-7-8-12-33(29)39(3,4)42-34/h7-15,17-18,31,34-35,42H,5-6,16,19-26H2,1-4H3,(H,41,46)/t31-,34?,35-/m1/s1. The predicted molar refractivity (Wildman–Crippen MR) is 191 cm³/mol. The lowest BCUT2D eigenvalue weighted by molar-refractivity contribution is -0.137. The molecule has 1 aliphatic carbocycles. The Morgan fingerprint density at radius 1 is 0.936 bits per heavy atom. The van der Waals surface area contributed by atoms with Crippen molar-refractivity contribution >= 4 is 29.1 Å². The van der Waals surface area contributed by atoms with E-state index in [4.69, 9.17) is 11.6 Å². The van der Waals surface area contributed by atoms with Gasteiger partial charge in [-0.15, -0.1) is 0 Å². The number of carbonyl (C=O) groups excluding carboxylic acids is 2. The van der Waals surface area contributed by atoms with Crippen LogP contribution >= 0.6 is 11.6 Å². The van der Waals surface area contributed by atoms with E-state index >= 15 is 0 Å². The van der Waals surface area contributed by atoms with E-state index in [2.05, 4.69) is 78.5 Å². The van der Waals surface area contributed by atoms with Crippen LogP contribution in [-0.2, 0) is 40.8 Å². The van der Waals surface area contributed by atoms with E-state index in [1.165, 1.54) is 34.4 Å². The fourth-order valence-electron chi connectivity index (χ4n) is 8.07. The molecule has 1 saturated heterocycles. The van der Waals surface area contributed by atoms with E-state index in [1.807, 2.05) is 41.3 Å². The van der Waals surface area contributed by atoms with Crippen molar-refractivity contribution in [3.8, 4) is 0 Å². The SMILES string of the molecule is CCN(CC)[C@@H]1CCc2cccc(N3CCN(C(=O)[C@@H](Cc4ccc(Cl)cc4)NC(=O)C4Cc5ccccc5C(C)(C)N4)CC3)c2C1. The second kappa shape index (κ2) is 14.4. The van der Waals surface area contributed by atoms with Gasteiger partial charge in [-0.2, -0.15) is 0 Å². The molecule has 7 nitrogen and oxygen atoms in total. The van der Waals surface area contributed by atoms with Gasteiger partial charge in [0.2, 0.25) is 11.8 Å². The van der Waals surface area contributed by atoms with Crippen LogP contribution in [0, 0.1) is 0 Å². The number of carbonyl (C=O) groups is 2. The Hall–Kier alpha value is -3.39. The molecule has 2 heterocycles. The molecule has 6 rings (SSSR count). The molecule has 3 aliphatic rings. The molecule has 0 radical (unpaired) electrons. The third-order valence-electron chi connectivity index (χ3n) is 10.6. The number of nitrogens with zero attached hydrogens (tertiary/aromatic N) is 3. The molecule has 2 amide bonds. The molecule has 2 aliphatic heterocycles. The Morgan fingerprint density at radius 2 is 1.64 bits per heavy atom. The monoisotopic (exact) mass is 655 g/mol. The van der Waals surface area contributed by atoms with Crippen LogP contribution in [0.25, 0.3) is 0 Å². The van der Waals surface area contributed by atoms with Crippen molar-refractivity contribution in [2.45, 2.75) is 83.5 Å². The molecule has 3 aromatic carbocycles. The van der Waals surface area contributed by atoms with E-state index in [0.29, 0.717) is 37.0 Å². The maximum Gasteiger partial charge on any atom is 0.245 e. The second-order valence-electron chi connectivity index (χ2n) is 13.9. The summed E-state index contributed by atoms with van der Waals surface area (Å²) >= 11 is 6.17. The zero-order chi connectivity index (χ0) is 33.1. The summed E-state index contributed by atoms with van der Waals surface area (Å²) in [4.78, 5) is 35.1. The average molecular weight is 656 g/mol. The zero-order valence-electron chi connectivity index (χ0n) is 28.4. The Balaban J connectivity index is 1.16. The predicted octanol–water partition coefficient (Wildman–Crippen LogP) is 5.36. The van der Waals surface area contributed by atoms with Crippen molar-refractivity contribution in [1.29, 1.82) is 0 Å². The van der Waals surface area contributed by atoms with Crippen molar-refractivity contribution in [3.63, 3.8) is 0 Å². The van der Waals surface area contributed by atoms with Crippen LogP contribution in [0.15, 0.2) is 66.7 Å². The number of rotatable bonds is 9.